The number of nitrogens with zero attached hydrogens (tertiary/aromatic N) is 2. The molecule has 0 unspecified atom stereocenters. The van der Waals surface area contributed by atoms with Crippen LogP contribution in [0.25, 0.3) is 11.4 Å². The number of benzene rings is 1. The second-order valence-electron chi connectivity index (χ2n) is 4.85. The van der Waals surface area contributed by atoms with Crippen molar-refractivity contribution in [3.63, 3.8) is 0 Å². The van der Waals surface area contributed by atoms with Crippen molar-refractivity contribution in [2.75, 3.05) is 6.61 Å². The number of aromatic nitrogens is 3. The average molecular weight is 349 g/mol. The zero-order valence-electron chi connectivity index (χ0n) is 12.2. The highest BCUT2D eigenvalue weighted by Crippen LogP contribution is 2.24. The number of nitrogens with one attached hydrogen (secondary N) is 1. The third-order valence-corrected chi connectivity index (χ3v) is 3.45. The van der Waals surface area contributed by atoms with Crippen molar-refractivity contribution in [1.82, 2.24) is 14.8 Å². The Morgan fingerprint density at radius 2 is 2.13 bits per heavy atom. The summed E-state index contributed by atoms with van der Waals surface area (Å²) in [5.74, 6) is -3.54. The first-order chi connectivity index (χ1) is 10.8. The van der Waals surface area contributed by atoms with Gasteiger partial charge < -0.3 is 9.30 Å². The van der Waals surface area contributed by atoms with Crippen LogP contribution in [0.1, 0.15) is 12.5 Å². The summed E-state index contributed by atoms with van der Waals surface area (Å²) in [6.45, 7) is 0.996. The van der Waals surface area contributed by atoms with E-state index in [4.69, 9.17) is 17.0 Å². The Labute approximate surface area is 135 Å². The smallest absolute Gasteiger partial charge is 0.330 e. The van der Waals surface area contributed by atoms with E-state index >= 15 is 0 Å². The summed E-state index contributed by atoms with van der Waals surface area (Å²) in [5.41, 5.74) is 1.30. The van der Waals surface area contributed by atoms with Gasteiger partial charge in [-0.2, -0.15) is 13.9 Å². The molecule has 9 heteroatoms. The highest BCUT2D eigenvalue weighted by Gasteiger charge is 2.40. The van der Waals surface area contributed by atoms with Crippen LogP contribution < -0.4 is 0 Å². The SMILES string of the molecule is CCn1c(-c2cccc(COCC(F)(F)C(F)F)c2)n[nH]c1=S. The van der Waals surface area contributed by atoms with Gasteiger partial charge in [0.05, 0.1) is 6.61 Å². The summed E-state index contributed by atoms with van der Waals surface area (Å²) in [6, 6.07) is 6.84. The maximum Gasteiger partial charge on any atom is 0.330 e. The quantitative estimate of drug-likeness (QED) is 0.606. The molecule has 2 aromatic rings. The molecule has 0 bridgehead atoms. The zero-order valence-corrected chi connectivity index (χ0v) is 13.0. The number of rotatable bonds is 7. The van der Waals surface area contributed by atoms with E-state index in [9.17, 15) is 17.6 Å². The molecule has 0 aliphatic rings. The van der Waals surface area contributed by atoms with Crippen LogP contribution in [-0.4, -0.2) is 33.7 Å². The Morgan fingerprint density at radius 3 is 2.78 bits per heavy atom. The average Bonchev–Trinajstić information content (AvgIpc) is 2.88. The molecule has 0 spiro atoms. The van der Waals surface area contributed by atoms with E-state index in [1.165, 1.54) is 0 Å². The predicted molar refractivity (Wildman–Crippen MR) is 79.1 cm³/mol. The van der Waals surface area contributed by atoms with E-state index in [1.807, 2.05) is 6.92 Å². The monoisotopic (exact) mass is 349 g/mol. The van der Waals surface area contributed by atoms with E-state index in [0.717, 1.165) is 5.56 Å². The van der Waals surface area contributed by atoms with Crippen molar-refractivity contribution in [3.05, 3.63) is 34.6 Å². The molecule has 0 amide bonds. The van der Waals surface area contributed by atoms with Crippen LogP contribution in [0.4, 0.5) is 17.6 Å². The van der Waals surface area contributed by atoms with Crippen LogP contribution in [0, 0.1) is 4.77 Å². The van der Waals surface area contributed by atoms with Crippen molar-refractivity contribution in [3.8, 4) is 11.4 Å². The van der Waals surface area contributed by atoms with Crippen LogP contribution in [-0.2, 0) is 17.9 Å². The summed E-state index contributed by atoms with van der Waals surface area (Å²) in [6.07, 6.45) is -3.74. The van der Waals surface area contributed by atoms with E-state index in [-0.39, 0.29) is 6.61 Å². The Kier molecular flexibility index (Phi) is 5.53. The molecule has 1 N–H and O–H groups in total. The Morgan fingerprint density at radius 1 is 1.39 bits per heavy atom. The minimum absolute atomic E-state index is 0.201. The molecule has 1 aromatic carbocycles. The third-order valence-electron chi connectivity index (χ3n) is 3.14. The molecular weight excluding hydrogens is 334 g/mol. The molecule has 0 saturated carbocycles. The Balaban J connectivity index is 2.10. The van der Waals surface area contributed by atoms with Crippen LogP contribution in [0.15, 0.2) is 24.3 Å². The van der Waals surface area contributed by atoms with Gasteiger partial charge in [-0.15, -0.1) is 0 Å². The van der Waals surface area contributed by atoms with E-state index < -0.39 is 19.0 Å². The number of hydrogen-bond donors (Lipinski definition) is 1. The number of halogens is 4. The van der Waals surface area contributed by atoms with E-state index in [0.29, 0.717) is 22.7 Å². The summed E-state index contributed by atoms with van der Waals surface area (Å²) in [7, 11) is 0. The molecule has 0 radical (unpaired) electrons. The number of ether oxygens (including phenoxy) is 1. The molecule has 0 aliphatic carbocycles. The van der Waals surface area contributed by atoms with Gasteiger partial charge in [-0.1, -0.05) is 18.2 Å². The minimum atomic E-state index is -4.15. The van der Waals surface area contributed by atoms with Gasteiger partial charge in [0.25, 0.3) is 0 Å². The lowest BCUT2D eigenvalue weighted by molar-refractivity contribution is -0.168. The van der Waals surface area contributed by atoms with Crippen molar-refractivity contribution < 1.29 is 22.3 Å². The van der Waals surface area contributed by atoms with Crippen LogP contribution in [0.3, 0.4) is 0 Å². The Hall–Kier alpha value is -1.74. The lowest BCUT2D eigenvalue weighted by atomic mass is 10.1. The largest absolute Gasteiger partial charge is 0.370 e. The fourth-order valence-electron chi connectivity index (χ4n) is 2.00. The van der Waals surface area contributed by atoms with Gasteiger partial charge in [0.2, 0.25) is 0 Å². The highest BCUT2D eigenvalue weighted by atomic mass is 32.1. The number of alkyl halides is 4. The summed E-state index contributed by atoms with van der Waals surface area (Å²) in [5, 5.41) is 6.81. The number of H-pyrrole nitrogens is 1. The molecule has 0 saturated heterocycles. The molecule has 1 aromatic heterocycles. The Bertz CT molecular complexity index is 714. The fourth-order valence-corrected chi connectivity index (χ4v) is 2.26. The van der Waals surface area contributed by atoms with Gasteiger partial charge in [-0.05, 0) is 30.8 Å². The topological polar surface area (TPSA) is 42.8 Å². The fraction of sp³-hybridized carbons (Fsp3) is 0.429. The van der Waals surface area contributed by atoms with Crippen LogP contribution in [0.5, 0.6) is 0 Å². The molecule has 126 valence electrons. The summed E-state index contributed by atoms with van der Waals surface area (Å²) in [4.78, 5) is 0. The number of aromatic amines is 1. The molecule has 23 heavy (non-hydrogen) atoms. The van der Waals surface area contributed by atoms with E-state index in [1.54, 1.807) is 28.8 Å². The zero-order chi connectivity index (χ0) is 17.0. The first-order valence-corrected chi connectivity index (χ1v) is 7.24. The second kappa shape index (κ2) is 7.22. The molecule has 0 fully saturated rings. The van der Waals surface area contributed by atoms with Crippen molar-refractivity contribution in [2.24, 2.45) is 0 Å². The normalized spacial score (nSPS) is 12.1. The maximum absolute atomic E-state index is 12.8. The van der Waals surface area contributed by atoms with Gasteiger partial charge in [-0.25, -0.2) is 8.78 Å². The first-order valence-electron chi connectivity index (χ1n) is 6.83. The van der Waals surface area contributed by atoms with Gasteiger partial charge in [0, 0.05) is 12.1 Å². The lowest BCUT2D eigenvalue weighted by Crippen LogP contribution is -2.32. The first kappa shape index (κ1) is 17.6. The van der Waals surface area contributed by atoms with Gasteiger partial charge in [0.15, 0.2) is 10.6 Å². The molecule has 0 aliphatic heterocycles. The van der Waals surface area contributed by atoms with E-state index in [2.05, 4.69) is 10.2 Å². The van der Waals surface area contributed by atoms with Crippen molar-refractivity contribution >= 4 is 12.2 Å². The second-order valence-corrected chi connectivity index (χ2v) is 5.24. The minimum Gasteiger partial charge on any atom is -0.370 e. The summed E-state index contributed by atoms with van der Waals surface area (Å²) < 4.78 is 56.7. The molecule has 0 atom stereocenters. The van der Waals surface area contributed by atoms with Gasteiger partial charge in [-0.3, -0.25) is 5.10 Å². The summed E-state index contributed by atoms with van der Waals surface area (Å²) >= 11 is 5.11. The standard InChI is InChI=1S/C14H15F4N3OS/c1-2-21-11(19-20-13(21)23)10-5-3-4-9(6-10)7-22-8-14(17,18)12(15)16/h3-6,12H,2,7-8H2,1H3,(H,20,23). The highest BCUT2D eigenvalue weighted by molar-refractivity contribution is 7.71. The molecular formula is C14H15F4N3OS. The third kappa shape index (κ3) is 4.17. The molecule has 2 rings (SSSR count). The number of hydrogen-bond acceptors (Lipinski definition) is 3. The maximum atomic E-state index is 12.8. The van der Waals surface area contributed by atoms with Crippen molar-refractivity contribution in [2.45, 2.75) is 32.4 Å². The van der Waals surface area contributed by atoms with Crippen LogP contribution >= 0.6 is 12.2 Å². The van der Waals surface area contributed by atoms with Gasteiger partial charge >= 0.3 is 12.3 Å². The lowest BCUT2D eigenvalue weighted by Gasteiger charge is -2.15. The molecule has 1 heterocycles. The predicted octanol–water partition coefficient (Wildman–Crippen LogP) is 4.04. The van der Waals surface area contributed by atoms with Crippen LogP contribution in [0.2, 0.25) is 0 Å². The van der Waals surface area contributed by atoms with Gasteiger partial charge in [0.1, 0.15) is 6.61 Å². The van der Waals surface area contributed by atoms with Crippen molar-refractivity contribution in [1.29, 1.82) is 0 Å². The molecule has 4 nitrogen and oxygen atoms in total.